The summed E-state index contributed by atoms with van der Waals surface area (Å²) in [5.74, 6) is 1.21. The average molecular weight is 281 g/mol. The van der Waals surface area contributed by atoms with Crippen molar-refractivity contribution in [2.45, 2.75) is 49.6 Å². The zero-order valence-electron chi connectivity index (χ0n) is 9.52. The molecular formula is C10H18Cl2N4O. The highest BCUT2D eigenvalue weighted by Crippen LogP contribution is 2.43. The number of rotatable bonds is 2. The molecule has 0 atom stereocenters. The van der Waals surface area contributed by atoms with Gasteiger partial charge in [0, 0.05) is 0 Å². The van der Waals surface area contributed by atoms with Gasteiger partial charge in [0.2, 0.25) is 5.89 Å². The molecule has 0 radical (unpaired) electrons. The quantitative estimate of drug-likeness (QED) is 0.859. The van der Waals surface area contributed by atoms with Crippen molar-refractivity contribution in [2.75, 3.05) is 0 Å². The van der Waals surface area contributed by atoms with Gasteiger partial charge < -0.3 is 16.0 Å². The van der Waals surface area contributed by atoms with E-state index < -0.39 is 0 Å². The lowest BCUT2D eigenvalue weighted by Crippen LogP contribution is -2.34. The molecule has 3 rings (SSSR count). The Balaban J connectivity index is 0.000000722. The third-order valence-corrected chi connectivity index (χ3v) is 3.58. The van der Waals surface area contributed by atoms with Crippen LogP contribution in [0.3, 0.4) is 0 Å². The first-order chi connectivity index (χ1) is 7.12. The molecule has 2 aliphatic rings. The van der Waals surface area contributed by atoms with E-state index >= 15 is 0 Å². The normalized spacial score (nSPS) is 23.6. The summed E-state index contributed by atoms with van der Waals surface area (Å²) < 4.78 is 5.20. The van der Waals surface area contributed by atoms with E-state index in [2.05, 4.69) is 10.1 Å². The molecule has 4 N–H and O–H groups in total. The molecule has 0 unspecified atom stereocenters. The molecule has 2 fully saturated rings. The standard InChI is InChI=1S/C10H16N4O.2ClH/c11-9(3-1-2-4-9)7-13-8(15-14-7)10(12)5-6-10;;/h1-6,11-12H2;2*1H. The van der Waals surface area contributed by atoms with Gasteiger partial charge in [-0.25, -0.2) is 0 Å². The maximum Gasteiger partial charge on any atom is 0.246 e. The third kappa shape index (κ3) is 2.42. The first kappa shape index (κ1) is 14.7. The molecule has 0 amide bonds. The van der Waals surface area contributed by atoms with Crippen LogP contribution >= 0.6 is 24.8 Å². The van der Waals surface area contributed by atoms with Crippen LogP contribution < -0.4 is 11.5 Å². The van der Waals surface area contributed by atoms with Gasteiger partial charge in [-0.05, 0) is 25.7 Å². The van der Waals surface area contributed by atoms with Gasteiger partial charge >= 0.3 is 0 Å². The Kier molecular flexibility index (Phi) is 4.08. The molecule has 7 heteroatoms. The second-order valence-electron chi connectivity index (χ2n) is 4.94. The summed E-state index contributed by atoms with van der Waals surface area (Å²) in [6.45, 7) is 0. The van der Waals surface area contributed by atoms with Crippen LogP contribution in [0, 0.1) is 0 Å². The van der Waals surface area contributed by atoms with Crippen molar-refractivity contribution in [2.24, 2.45) is 11.5 Å². The molecule has 1 aromatic heterocycles. The van der Waals surface area contributed by atoms with Crippen molar-refractivity contribution in [1.29, 1.82) is 0 Å². The Morgan fingerprint density at radius 2 is 1.53 bits per heavy atom. The van der Waals surface area contributed by atoms with Crippen LogP contribution in [0.2, 0.25) is 0 Å². The summed E-state index contributed by atoms with van der Waals surface area (Å²) in [5, 5.41) is 3.99. The Bertz CT molecular complexity index is 385. The Morgan fingerprint density at radius 1 is 0.941 bits per heavy atom. The third-order valence-electron chi connectivity index (χ3n) is 3.58. The summed E-state index contributed by atoms with van der Waals surface area (Å²) >= 11 is 0. The molecule has 5 nitrogen and oxygen atoms in total. The number of halogens is 2. The molecule has 1 heterocycles. The second kappa shape index (κ2) is 4.72. The second-order valence-corrected chi connectivity index (χ2v) is 4.94. The highest BCUT2D eigenvalue weighted by atomic mass is 35.5. The van der Waals surface area contributed by atoms with Crippen molar-refractivity contribution >= 4 is 24.8 Å². The van der Waals surface area contributed by atoms with Gasteiger partial charge in [-0.15, -0.1) is 24.8 Å². The zero-order chi connectivity index (χ0) is 10.5. The first-order valence-corrected chi connectivity index (χ1v) is 5.55. The Labute approximate surface area is 113 Å². The van der Waals surface area contributed by atoms with Gasteiger partial charge in [0.15, 0.2) is 5.82 Å². The molecule has 17 heavy (non-hydrogen) atoms. The molecule has 2 saturated carbocycles. The fourth-order valence-electron chi connectivity index (χ4n) is 2.21. The molecule has 0 saturated heterocycles. The minimum absolute atomic E-state index is 0. The van der Waals surface area contributed by atoms with Crippen LogP contribution in [0.1, 0.15) is 50.2 Å². The van der Waals surface area contributed by atoms with Crippen LogP contribution in [-0.4, -0.2) is 10.1 Å². The summed E-state index contributed by atoms with van der Waals surface area (Å²) in [4.78, 5) is 4.37. The van der Waals surface area contributed by atoms with Gasteiger partial charge in [-0.2, -0.15) is 4.98 Å². The maximum atomic E-state index is 6.23. The van der Waals surface area contributed by atoms with E-state index in [-0.39, 0.29) is 35.9 Å². The number of nitrogens with zero attached hydrogens (tertiary/aromatic N) is 2. The molecule has 0 aromatic carbocycles. The van der Waals surface area contributed by atoms with Crippen LogP contribution in [-0.2, 0) is 11.1 Å². The summed E-state index contributed by atoms with van der Waals surface area (Å²) in [6, 6.07) is 0. The number of hydrogen-bond acceptors (Lipinski definition) is 5. The topological polar surface area (TPSA) is 91.0 Å². The van der Waals surface area contributed by atoms with Gasteiger partial charge in [-0.1, -0.05) is 18.0 Å². The molecule has 0 bridgehead atoms. The molecular weight excluding hydrogens is 263 g/mol. The lowest BCUT2D eigenvalue weighted by molar-refractivity contribution is 0.329. The van der Waals surface area contributed by atoms with Gasteiger partial charge in [0.1, 0.15) is 0 Å². The van der Waals surface area contributed by atoms with E-state index in [1.54, 1.807) is 0 Å². The maximum absolute atomic E-state index is 6.23. The van der Waals surface area contributed by atoms with E-state index in [0.717, 1.165) is 38.5 Å². The predicted octanol–water partition coefficient (Wildman–Crippen LogP) is 1.59. The van der Waals surface area contributed by atoms with E-state index in [4.69, 9.17) is 16.0 Å². The molecule has 2 aliphatic carbocycles. The fourth-order valence-corrected chi connectivity index (χ4v) is 2.21. The van der Waals surface area contributed by atoms with Gasteiger partial charge in [0.25, 0.3) is 0 Å². The fraction of sp³-hybridized carbons (Fsp3) is 0.800. The molecule has 98 valence electrons. The summed E-state index contributed by atoms with van der Waals surface area (Å²) in [7, 11) is 0. The zero-order valence-corrected chi connectivity index (χ0v) is 11.1. The van der Waals surface area contributed by atoms with Crippen LogP contribution in [0.4, 0.5) is 0 Å². The summed E-state index contributed by atoms with van der Waals surface area (Å²) in [5.41, 5.74) is 11.5. The van der Waals surface area contributed by atoms with Gasteiger partial charge in [0.05, 0.1) is 11.1 Å². The predicted molar refractivity (Wildman–Crippen MR) is 68.2 cm³/mol. The van der Waals surface area contributed by atoms with Crippen molar-refractivity contribution in [3.63, 3.8) is 0 Å². The van der Waals surface area contributed by atoms with E-state index in [1.165, 1.54) is 0 Å². The number of aromatic nitrogens is 2. The van der Waals surface area contributed by atoms with Gasteiger partial charge in [-0.3, -0.25) is 0 Å². The van der Waals surface area contributed by atoms with Crippen LogP contribution in [0.5, 0.6) is 0 Å². The largest absolute Gasteiger partial charge is 0.337 e. The highest BCUT2D eigenvalue weighted by Gasteiger charge is 2.47. The SMILES string of the molecule is Cl.Cl.NC1(c2noc(C3(N)CC3)n2)CCCC1. The lowest BCUT2D eigenvalue weighted by Gasteiger charge is -2.17. The average Bonchev–Trinajstić information content (AvgIpc) is 2.74. The smallest absolute Gasteiger partial charge is 0.246 e. The Morgan fingerprint density at radius 3 is 2.06 bits per heavy atom. The van der Waals surface area contributed by atoms with Crippen LogP contribution in [0.15, 0.2) is 4.52 Å². The van der Waals surface area contributed by atoms with E-state index in [0.29, 0.717) is 11.7 Å². The van der Waals surface area contributed by atoms with E-state index in [1.807, 2.05) is 0 Å². The monoisotopic (exact) mass is 280 g/mol. The number of nitrogens with two attached hydrogens (primary N) is 2. The van der Waals surface area contributed by atoms with Crippen LogP contribution in [0.25, 0.3) is 0 Å². The Hall–Kier alpha value is -0.360. The van der Waals surface area contributed by atoms with Crippen molar-refractivity contribution < 1.29 is 4.52 Å². The first-order valence-electron chi connectivity index (χ1n) is 5.55. The summed E-state index contributed by atoms with van der Waals surface area (Å²) in [6.07, 6.45) is 6.06. The van der Waals surface area contributed by atoms with E-state index in [9.17, 15) is 0 Å². The number of hydrogen-bond donors (Lipinski definition) is 2. The minimum atomic E-state index is -0.368. The van der Waals surface area contributed by atoms with Crippen molar-refractivity contribution in [3.05, 3.63) is 11.7 Å². The minimum Gasteiger partial charge on any atom is -0.337 e. The molecule has 1 aromatic rings. The molecule has 0 spiro atoms. The van der Waals surface area contributed by atoms with Crippen molar-refractivity contribution in [3.8, 4) is 0 Å². The lowest BCUT2D eigenvalue weighted by atomic mass is 9.99. The van der Waals surface area contributed by atoms with Crippen molar-refractivity contribution in [1.82, 2.24) is 10.1 Å². The molecule has 0 aliphatic heterocycles. The highest BCUT2D eigenvalue weighted by molar-refractivity contribution is 5.85.